The summed E-state index contributed by atoms with van der Waals surface area (Å²) in [6, 6.07) is 19.4. The number of ether oxygens (including phenoxy) is 1. The molecular weight excluding hydrogens is 400 g/mol. The van der Waals surface area contributed by atoms with E-state index in [0.717, 1.165) is 22.8 Å². The van der Waals surface area contributed by atoms with Crippen molar-refractivity contribution in [2.45, 2.75) is 12.3 Å². The first kappa shape index (κ1) is 20.2. The van der Waals surface area contributed by atoms with Gasteiger partial charge in [-0.1, -0.05) is 18.2 Å². The Hall–Kier alpha value is -3.12. The number of benzene rings is 2. The molecule has 1 amide bonds. The van der Waals surface area contributed by atoms with Gasteiger partial charge in [-0.25, -0.2) is 9.97 Å². The zero-order valence-corrected chi connectivity index (χ0v) is 17.5. The van der Waals surface area contributed by atoms with Gasteiger partial charge >= 0.3 is 0 Å². The fourth-order valence-corrected chi connectivity index (χ4v) is 3.50. The number of piperazine rings is 1. The predicted molar refractivity (Wildman–Crippen MR) is 118 cm³/mol. The maximum atomic E-state index is 12.1. The number of aromatic nitrogens is 2. The highest BCUT2D eigenvalue weighted by Crippen LogP contribution is 2.25. The molecule has 3 aromatic rings. The third-order valence-electron chi connectivity index (χ3n) is 4.99. The van der Waals surface area contributed by atoms with Crippen LogP contribution >= 0.6 is 11.6 Å². The molecule has 1 aliphatic heterocycles. The Morgan fingerprint density at radius 2 is 1.63 bits per heavy atom. The molecule has 1 unspecified atom stereocenters. The summed E-state index contributed by atoms with van der Waals surface area (Å²) >= 11 is 5.92. The molecule has 6 nitrogen and oxygen atoms in total. The van der Waals surface area contributed by atoms with E-state index in [-0.39, 0.29) is 5.91 Å². The van der Waals surface area contributed by atoms with Crippen molar-refractivity contribution in [2.75, 3.05) is 31.1 Å². The number of anilines is 1. The van der Waals surface area contributed by atoms with E-state index in [2.05, 4.69) is 9.88 Å². The van der Waals surface area contributed by atoms with E-state index in [0.29, 0.717) is 32.1 Å². The first-order chi connectivity index (χ1) is 14.6. The molecule has 0 saturated carbocycles. The van der Waals surface area contributed by atoms with Crippen LogP contribution in [0.5, 0.6) is 11.5 Å². The second-order valence-electron chi connectivity index (χ2n) is 7.11. The molecule has 0 aliphatic carbocycles. The Kier molecular flexibility index (Phi) is 6.14. The van der Waals surface area contributed by atoms with Crippen LogP contribution < -0.4 is 9.64 Å². The van der Waals surface area contributed by atoms with E-state index in [9.17, 15) is 4.79 Å². The smallest absolute Gasteiger partial charge is 0.240 e. The lowest BCUT2D eigenvalue weighted by molar-refractivity contribution is -0.130. The SMILES string of the molecule is CC(Cl)C(=O)N1CCN(c2nccc(-c3ccc(Oc4ccccc4)cc3)n2)CC1. The second-order valence-corrected chi connectivity index (χ2v) is 7.76. The average molecular weight is 423 g/mol. The molecule has 2 heterocycles. The molecule has 30 heavy (non-hydrogen) atoms. The van der Waals surface area contributed by atoms with Crippen LogP contribution in [0.4, 0.5) is 5.95 Å². The van der Waals surface area contributed by atoms with Gasteiger partial charge in [0.1, 0.15) is 16.9 Å². The number of carbonyl (C=O) groups excluding carboxylic acids is 1. The zero-order chi connectivity index (χ0) is 20.9. The lowest BCUT2D eigenvalue weighted by Crippen LogP contribution is -2.50. The zero-order valence-electron chi connectivity index (χ0n) is 16.7. The van der Waals surface area contributed by atoms with Gasteiger partial charge in [0.25, 0.3) is 0 Å². The summed E-state index contributed by atoms with van der Waals surface area (Å²) in [7, 11) is 0. The molecule has 4 rings (SSSR count). The Morgan fingerprint density at radius 1 is 0.967 bits per heavy atom. The Bertz CT molecular complexity index is 988. The van der Waals surface area contributed by atoms with Gasteiger partial charge in [-0.15, -0.1) is 11.6 Å². The average Bonchev–Trinajstić information content (AvgIpc) is 2.80. The minimum absolute atomic E-state index is 0.0243. The van der Waals surface area contributed by atoms with E-state index in [1.165, 1.54) is 0 Å². The van der Waals surface area contributed by atoms with Gasteiger partial charge in [0.15, 0.2) is 0 Å². The quantitative estimate of drug-likeness (QED) is 0.576. The number of hydrogen-bond acceptors (Lipinski definition) is 5. The van der Waals surface area contributed by atoms with Crippen molar-refractivity contribution in [1.29, 1.82) is 0 Å². The van der Waals surface area contributed by atoms with E-state index in [1.807, 2.05) is 60.7 Å². The first-order valence-corrected chi connectivity index (χ1v) is 10.4. The number of rotatable bonds is 5. The van der Waals surface area contributed by atoms with Gasteiger partial charge in [0.2, 0.25) is 11.9 Å². The van der Waals surface area contributed by atoms with Gasteiger partial charge in [-0.2, -0.15) is 0 Å². The molecule has 1 aliphatic rings. The van der Waals surface area contributed by atoms with Gasteiger partial charge in [-0.05, 0) is 49.4 Å². The molecule has 2 aromatic carbocycles. The topological polar surface area (TPSA) is 58.6 Å². The number of carbonyl (C=O) groups is 1. The van der Waals surface area contributed by atoms with Crippen LogP contribution in [-0.4, -0.2) is 52.3 Å². The minimum atomic E-state index is -0.495. The Labute approximate surface area is 181 Å². The van der Waals surface area contributed by atoms with Crippen molar-refractivity contribution >= 4 is 23.5 Å². The molecule has 0 N–H and O–H groups in total. The normalized spacial score (nSPS) is 15.0. The highest BCUT2D eigenvalue weighted by molar-refractivity contribution is 6.30. The fourth-order valence-electron chi connectivity index (χ4n) is 3.36. The van der Waals surface area contributed by atoms with Crippen LogP contribution in [0.2, 0.25) is 0 Å². The van der Waals surface area contributed by atoms with Crippen molar-refractivity contribution in [1.82, 2.24) is 14.9 Å². The lowest BCUT2D eigenvalue weighted by Gasteiger charge is -2.35. The molecule has 1 aromatic heterocycles. The van der Waals surface area contributed by atoms with Crippen molar-refractivity contribution < 1.29 is 9.53 Å². The van der Waals surface area contributed by atoms with Crippen LogP contribution in [0.3, 0.4) is 0 Å². The highest BCUT2D eigenvalue weighted by Gasteiger charge is 2.25. The number of nitrogens with zero attached hydrogens (tertiary/aromatic N) is 4. The highest BCUT2D eigenvalue weighted by atomic mass is 35.5. The monoisotopic (exact) mass is 422 g/mol. The van der Waals surface area contributed by atoms with Crippen LogP contribution in [0.25, 0.3) is 11.3 Å². The minimum Gasteiger partial charge on any atom is -0.457 e. The third-order valence-corrected chi connectivity index (χ3v) is 5.17. The van der Waals surface area contributed by atoms with Crippen molar-refractivity contribution in [3.05, 3.63) is 66.9 Å². The molecule has 7 heteroatoms. The van der Waals surface area contributed by atoms with E-state index in [1.54, 1.807) is 18.0 Å². The van der Waals surface area contributed by atoms with E-state index < -0.39 is 5.38 Å². The summed E-state index contributed by atoms with van der Waals surface area (Å²) in [4.78, 5) is 25.1. The maximum Gasteiger partial charge on any atom is 0.240 e. The number of amides is 1. The molecule has 154 valence electrons. The standard InChI is InChI=1S/C23H23ClN4O2/c1-17(24)22(29)27-13-15-28(16-14-27)23-25-12-11-21(26-23)18-7-9-20(10-8-18)30-19-5-3-2-4-6-19/h2-12,17H,13-16H2,1H3. The molecule has 0 radical (unpaired) electrons. The van der Waals surface area contributed by atoms with Crippen molar-refractivity contribution in [3.63, 3.8) is 0 Å². The van der Waals surface area contributed by atoms with Crippen LogP contribution in [0.1, 0.15) is 6.92 Å². The van der Waals surface area contributed by atoms with Gasteiger partial charge in [0, 0.05) is 37.9 Å². The molecule has 1 saturated heterocycles. The summed E-state index contributed by atoms with van der Waals surface area (Å²) < 4.78 is 5.85. The van der Waals surface area contributed by atoms with E-state index in [4.69, 9.17) is 21.3 Å². The first-order valence-electron chi connectivity index (χ1n) is 9.94. The van der Waals surface area contributed by atoms with Gasteiger partial charge in [0.05, 0.1) is 5.69 Å². The molecular formula is C23H23ClN4O2. The molecule has 1 fully saturated rings. The van der Waals surface area contributed by atoms with E-state index >= 15 is 0 Å². The predicted octanol–water partition coefficient (Wildman–Crippen LogP) is 4.21. The Morgan fingerprint density at radius 3 is 2.30 bits per heavy atom. The maximum absolute atomic E-state index is 12.1. The summed E-state index contributed by atoms with van der Waals surface area (Å²) in [6.07, 6.45) is 1.77. The third kappa shape index (κ3) is 4.71. The molecule has 1 atom stereocenters. The fraction of sp³-hybridized carbons (Fsp3) is 0.261. The van der Waals surface area contributed by atoms with Crippen LogP contribution in [0.15, 0.2) is 66.9 Å². The van der Waals surface area contributed by atoms with Crippen molar-refractivity contribution in [3.8, 4) is 22.8 Å². The number of alkyl halides is 1. The second kappa shape index (κ2) is 9.13. The number of halogens is 1. The molecule has 0 bridgehead atoms. The van der Waals surface area contributed by atoms with Crippen LogP contribution in [0, 0.1) is 0 Å². The van der Waals surface area contributed by atoms with Gasteiger partial charge < -0.3 is 14.5 Å². The van der Waals surface area contributed by atoms with Gasteiger partial charge in [-0.3, -0.25) is 4.79 Å². The summed E-state index contributed by atoms with van der Waals surface area (Å²) in [6.45, 7) is 4.31. The van der Waals surface area contributed by atoms with Crippen LogP contribution in [-0.2, 0) is 4.79 Å². The lowest BCUT2D eigenvalue weighted by atomic mass is 10.1. The molecule has 0 spiro atoms. The Balaban J connectivity index is 1.43. The number of para-hydroxylation sites is 1. The van der Waals surface area contributed by atoms with Crippen molar-refractivity contribution in [2.24, 2.45) is 0 Å². The number of hydrogen-bond donors (Lipinski definition) is 0. The summed E-state index contributed by atoms with van der Waals surface area (Å²) in [5.41, 5.74) is 1.84. The summed E-state index contributed by atoms with van der Waals surface area (Å²) in [5, 5.41) is -0.495. The largest absolute Gasteiger partial charge is 0.457 e. The summed E-state index contributed by atoms with van der Waals surface area (Å²) in [5.74, 6) is 2.22.